The average molecular weight is 480 g/mol. The van der Waals surface area contributed by atoms with Crippen LogP contribution in [0.5, 0.6) is 0 Å². The van der Waals surface area contributed by atoms with Gasteiger partial charge in [-0.2, -0.15) is 0 Å². The Bertz CT molecular complexity index is 1040. The zero-order chi connectivity index (χ0) is 25.2. The maximum absolute atomic E-state index is 13.1. The Kier molecular flexibility index (Phi) is 9.40. The predicted octanol–water partition coefficient (Wildman–Crippen LogP) is 2.69. The standard InChI is InChI=1S/C27H33N3O5/c1-18(2)23(30-27(34)35-17-21-8-4-3-5-9-21)25(32)29-22-13-7-12-19-10-6-11-20(16-19)14-15-28-26(33)24(22)31/h3-6,8-11,16,18,22-23H,7,12-15,17H2,1-2H3,(H,28,33)(H,29,32)(H,30,34). The first kappa shape index (κ1) is 25.9. The van der Waals surface area contributed by atoms with Crippen molar-refractivity contribution in [1.82, 2.24) is 16.0 Å². The monoisotopic (exact) mass is 479 g/mol. The third-order valence-electron chi connectivity index (χ3n) is 5.94. The molecule has 0 aliphatic carbocycles. The van der Waals surface area contributed by atoms with Crippen molar-refractivity contribution in [3.05, 3.63) is 71.3 Å². The first-order valence-corrected chi connectivity index (χ1v) is 12.0. The van der Waals surface area contributed by atoms with E-state index in [2.05, 4.69) is 22.0 Å². The van der Waals surface area contributed by atoms with Gasteiger partial charge in [-0.3, -0.25) is 14.4 Å². The molecule has 3 rings (SSSR count). The van der Waals surface area contributed by atoms with Crippen LogP contribution in [-0.4, -0.2) is 42.3 Å². The summed E-state index contributed by atoms with van der Waals surface area (Å²) in [6, 6.07) is 15.4. The Morgan fingerprint density at radius 1 is 1.03 bits per heavy atom. The second-order valence-corrected chi connectivity index (χ2v) is 9.07. The van der Waals surface area contributed by atoms with Crippen molar-refractivity contribution in [1.29, 1.82) is 0 Å². The number of Topliss-reactive ketones (excluding diaryl/α,β-unsaturated/α-hetero) is 1. The average Bonchev–Trinajstić information content (AvgIpc) is 2.85. The number of fused-ring (bicyclic) bond motifs is 2. The fourth-order valence-electron chi connectivity index (χ4n) is 3.97. The normalized spacial score (nSPS) is 17.4. The molecule has 1 heterocycles. The number of benzene rings is 2. The number of ether oxygens (including phenoxy) is 1. The van der Waals surface area contributed by atoms with Gasteiger partial charge in [-0.25, -0.2) is 4.79 Å². The van der Waals surface area contributed by atoms with Crippen molar-refractivity contribution in [3.63, 3.8) is 0 Å². The number of carbonyl (C=O) groups excluding carboxylic acids is 4. The lowest BCUT2D eigenvalue weighted by Gasteiger charge is -2.25. The first-order chi connectivity index (χ1) is 16.8. The fourth-order valence-corrected chi connectivity index (χ4v) is 3.97. The number of nitrogens with one attached hydrogen (secondary N) is 3. The molecule has 0 spiro atoms. The molecule has 35 heavy (non-hydrogen) atoms. The highest BCUT2D eigenvalue weighted by atomic mass is 16.5. The quantitative estimate of drug-likeness (QED) is 0.552. The molecule has 186 valence electrons. The number of alkyl carbamates (subject to hydrolysis) is 1. The van der Waals surface area contributed by atoms with Crippen LogP contribution in [0.1, 0.15) is 43.4 Å². The Morgan fingerprint density at radius 2 is 1.74 bits per heavy atom. The number of ketones is 1. The Hall–Kier alpha value is -3.68. The van der Waals surface area contributed by atoms with Crippen molar-refractivity contribution in [2.75, 3.05) is 6.54 Å². The molecule has 0 radical (unpaired) electrons. The minimum absolute atomic E-state index is 0.0710. The summed E-state index contributed by atoms with van der Waals surface area (Å²) >= 11 is 0. The van der Waals surface area contributed by atoms with Crippen LogP contribution >= 0.6 is 0 Å². The number of rotatable bonds is 6. The zero-order valence-electron chi connectivity index (χ0n) is 20.2. The van der Waals surface area contributed by atoms with Gasteiger partial charge < -0.3 is 20.7 Å². The van der Waals surface area contributed by atoms with Gasteiger partial charge in [0.05, 0.1) is 6.04 Å². The largest absolute Gasteiger partial charge is 0.445 e. The molecule has 0 aromatic heterocycles. The fraction of sp³-hybridized carbons (Fsp3) is 0.407. The van der Waals surface area contributed by atoms with Crippen LogP contribution in [0.4, 0.5) is 4.79 Å². The van der Waals surface area contributed by atoms with Crippen LogP contribution < -0.4 is 16.0 Å². The lowest BCUT2D eigenvalue weighted by Crippen LogP contribution is -2.55. The van der Waals surface area contributed by atoms with E-state index in [0.29, 0.717) is 25.8 Å². The highest BCUT2D eigenvalue weighted by Crippen LogP contribution is 2.13. The highest BCUT2D eigenvalue weighted by Gasteiger charge is 2.31. The summed E-state index contributed by atoms with van der Waals surface area (Å²) in [5.41, 5.74) is 3.07. The minimum atomic E-state index is -0.978. The molecule has 2 unspecified atom stereocenters. The number of aryl methyl sites for hydroxylation is 1. The lowest BCUT2D eigenvalue weighted by molar-refractivity contribution is -0.140. The molecule has 1 aliphatic heterocycles. The van der Waals surface area contributed by atoms with Crippen molar-refractivity contribution >= 4 is 23.7 Å². The summed E-state index contributed by atoms with van der Waals surface area (Å²) in [6.45, 7) is 3.97. The van der Waals surface area contributed by atoms with Gasteiger partial charge in [-0.1, -0.05) is 68.4 Å². The van der Waals surface area contributed by atoms with Gasteiger partial charge in [0, 0.05) is 6.54 Å². The third kappa shape index (κ3) is 7.95. The van der Waals surface area contributed by atoms with Crippen LogP contribution in [-0.2, 0) is 38.6 Å². The number of hydrogen-bond donors (Lipinski definition) is 3. The van der Waals surface area contributed by atoms with Crippen molar-refractivity contribution in [2.45, 2.75) is 58.2 Å². The molecular weight excluding hydrogens is 446 g/mol. The molecular formula is C27H33N3O5. The van der Waals surface area contributed by atoms with Crippen LogP contribution in [0.3, 0.4) is 0 Å². The van der Waals surface area contributed by atoms with Gasteiger partial charge in [0.2, 0.25) is 11.7 Å². The molecule has 0 saturated heterocycles. The van der Waals surface area contributed by atoms with Crippen molar-refractivity contribution < 1.29 is 23.9 Å². The lowest BCUT2D eigenvalue weighted by atomic mass is 9.97. The summed E-state index contributed by atoms with van der Waals surface area (Å²) in [7, 11) is 0. The van der Waals surface area contributed by atoms with Gasteiger partial charge in [-0.15, -0.1) is 0 Å². The molecule has 2 bridgehead atoms. The van der Waals surface area contributed by atoms with E-state index in [4.69, 9.17) is 4.74 Å². The number of hydrogen-bond acceptors (Lipinski definition) is 5. The molecule has 8 heteroatoms. The van der Waals surface area contributed by atoms with E-state index in [1.54, 1.807) is 13.8 Å². The second-order valence-electron chi connectivity index (χ2n) is 9.07. The molecule has 8 nitrogen and oxygen atoms in total. The van der Waals surface area contributed by atoms with Crippen molar-refractivity contribution in [3.8, 4) is 0 Å². The summed E-state index contributed by atoms with van der Waals surface area (Å²) < 4.78 is 5.24. The van der Waals surface area contributed by atoms with E-state index in [-0.39, 0.29) is 12.5 Å². The van der Waals surface area contributed by atoms with E-state index >= 15 is 0 Å². The predicted molar refractivity (Wildman–Crippen MR) is 131 cm³/mol. The first-order valence-electron chi connectivity index (χ1n) is 12.0. The maximum Gasteiger partial charge on any atom is 0.408 e. The van der Waals surface area contributed by atoms with Gasteiger partial charge in [0.25, 0.3) is 5.91 Å². The molecule has 2 aromatic rings. The van der Waals surface area contributed by atoms with Gasteiger partial charge in [-0.05, 0) is 48.3 Å². The molecule has 2 atom stereocenters. The van der Waals surface area contributed by atoms with Gasteiger partial charge in [0.1, 0.15) is 12.6 Å². The molecule has 1 aliphatic rings. The third-order valence-corrected chi connectivity index (χ3v) is 5.94. The minimum Gasteiger partial charge on any atom is -0.445 e. The Morgan fingerprint density at radius 3 is 2.46 bits per heavy atom. The Labute approximate surface area is 205 Å². The molecule has 0 saturated carbocycles. The summed E-state index contributed by atoms with van der Waals surface area (Å²) in [4.78, 5) is 50.7. The number of carbonyl (C=O) groups is 4. The highest BCUT2D eigenvalue weighted by molar-refractivity contribution is 6.38. The van der Waals surface area contributed by atoms with Gasteiger partial charge >= 0.3 is 6.09 Å². The number of amides is 3. The molecule has 3 amide bonds. The van der Waals surface area contributed by atoms with E-state index < -0.39 is 35.8 Å². The van der Waals surface area contributed by atoms with Crippen LogP contribution in [0.15, 0.2) is 54.6 Å². The van der Waals surface area contributed by atoms with Crippen LogP contribution in [0.25, 0.3) is 0 Å². The van der Waals surface area contributed by atoms with Crippen LogP contribution in [0.2, 0.25) is 0 Å². The molecule has 0 fully saturated rings. The maximum atomic E-state index is 13.1. The molecule has 2 aromatic carbocycles. The van der Waals surface area contributed by atoms with E-state index in [1.165, 1.54) is 0 Å². The smallest absolute Gasteiger partial charge is 0.408 e. The summed E-state index contributed by atoms with van der Waals surface area (Å²) in [5, 5.41) is 7.94. The van der Waals surface area contributed by atoms with E-state index in [1.807, 2.05) is 48.5 Å². The topological polar surface area (TPSA) is 114 Å². The zero-order valence-corrected chi connectivity index (χ0v) is 20.2. The Balaban J connectivity index is 1.63. The van der Waals surface area contributed by atoms with E-state index in [0.717, 1.165) is 23.1 Å². The summed E-state index contributed by atoms with van der Waals surface area (Å²) in [5.74, 6) is -2.20. The molecule has 3 N–H and O–H groups in total. The second kappa shape index (κ2) is 12.7. The van der Waals surface area contributed by atoms with Crippen molar-refractivity contribution in [2.24, 2.45) is 5.92 Å². The van der Waals surface area contributed by atoms with Crippen LogP contribution in [0, 0.1) is 5.92 Å². The SMILES string of the molecule is CC(C)C(NC(=O)OCc1ccccc1)C(=O)NC1CCCc2cccc(c2)CCNC(=O)C1=O. The van der Waals surface area contributed by atoms with Gasteiger partial charge in [0.15, 0.2) is 0 Å². The van der Waals surface area contributed by atoms with E-state index in [9.17, 15) is 19.2 Å². The summed E-state index contributed by atoms with van der Waals surface area (Å²) in [6.07, 6.45) is 1.55.